The van der Waals surface area contributed by atoms with Crippen LogP contribution in [0.1, 0.15) is 135 Å². The van der Waals surface area contributed by atoms with Crippen molar-refractivity contribution in [1.29, 1.82) is 0 Å². The Hall–Kier alpha value is -6.31. The van der Waals surface area contributed by atoms with Crippen molar-refractivity contribution in [1.82, 2.24) is 4.98 Å². The Bertz CT molecular complexity index is 2760. The van der Waals surface area contributed by atoms with E-state index in [1.54, 1.807) is 0 Å². The van der Waals surface area contributed by atoms with Crippen LogP contribution in [0.2, 0.25) is 0 Å². The standard InChI is InChI=1S/C66H69N/c1-6-9-12-14-17-49-23-28-52(29-24-49)56-42-57(53-30-25-50(26-31-53)18-15-13-10-7-2)44-58(43-56)55-33-40-65(67-46-55)54-32-39-62-61-38-27-51(16-11-8-3)41-63(61)66(64(62)45-54,59-34-19-47(4)20-35-59)60-36-21-48(5)22-37-60/h19-46H,6-18H2,1-5H3. The van der Waals surface area contributed by atoms with Gasteiger partial charge in [0.2, 0.25) is 0 Å². The van der Waals surface area contributed by atoms with E-state index in [4.69, 9.17) is 4.98 Å². The Balaban J connectivity index is 1.10. The van der Waals surface area contributed by atoms with Crippen LogP contribution in [-0.2, 0) is 24.7 Å². The van der Waals surface area contributed by atoms with Crippen molar-refractivity contribution in [3.63, 3.8) is 0 Å². The summed E-state index contributed by atoms with van der Waals surface area (Å²) in [6, 6.07) is 63.2. The number of benzene rings is 7. The SMILES string of the molecule is CCCCCCc1ccc(-c2cc(-c3ccc(CCCCCC)cc3)cc(-c3ccc(-c4ccc5c(c4)C(c4ccc(C)cc4)(c4ccc(C)cc4)c4cc(CCCC)ccc4-5)nc3)c2)cc1. The first-order valence-electron chi connectivity index (χ1n) is 25.6. The highest BCUT2D eigenvalue weighted by Gasteiger charge is 2.46. The third-order valence-electron chi connectivity index (χ3n) is 14.5. The van der Waals surface area contributed by atoms with Gasteiger partial charge in [-0.05, 0) is 161 Å². The maximum absolute atomic E-state index is 5.28. The predicted molar refractivity (Wildman–Crippen MR) is 287 cm³/mol. The third kappa shape index (κ3) is 9.90. The first-order valence-corrected chi connectivity index (χ1v) is 25.6. The van der Waals surface area contributed by atoms with Crippen LogP contribution in [0.3, 0.4) is 0 Å². The molecule has 0 atom stereocenters. The van der Waals surface area contributed by atoms with Gasteiger partial charge in [-0.1, -0.05) is 210 Å². The molecule has 0 N–H and O–H groups in total. The van der Waals surface area contributed by atoms with Crippen molar-refractivity contribution in [2.24, 2.45) is 0 Å². The molecule has 0 fully saturated rings. The summed E-state index contributed by atoms with van der Waals surface area (Å²) in [7, 11) is 0. The molecule has 0 saturated heterocycles. The van der Waals surface area contributed by atoms with Gasteiger partial charge in [0.25, 0.3) is 0 Å². The molecule has 1 aliphatic rings. The Morgan fingerprint density at radius 2 is 0.776 bits per heavy atom. The summed E-state index contributed by atoms with van der Waals surface area (Å²) in [6.07, 6.45) is 18.1. The second kappa shape index (κ2) is 21.1. The van der Waals surface area contributed by atoms with Crippen molar-refractivity contribution in [3.05, 3.63) is 220 Å². The Kier molecular flexibility index (Phi) is 14.4. The van der Waals surface area contributed by atoms with E-state index < -0.39 is 5.41 Å². The maximum Gasteiger partial charge on any atom is 0.0713 e. The molecule has 1 nitrogen and oxygen atoms in total. The molecule has 1 heterocycles. The summed E-state index contributed by atoms with van der Waals surface area (Å²) in [5.74, 6) is 0. The van der Waals surface area contributed by atoms with Crippen LogP contribution >= 0.6 is 0 Å². The molecule has 1 aliphatic carbocycles. The number of unbranched alkanes of at least 4 members (excludes halogenated alkanes) is 7. The van der Waals surface area contributed by atoms with Gasteiger partial charge in [-0.15, -0.1) is 0 Å². The van der Waals surface area contributed by atoms with Crippen LogP contribution in [0.25, 0.3) is 55.8 Å². The molecule has 1 heteroatoms. The van der Waals surface area contributed by atoms with Gasteiger partial charge in [-0.2, -0.15) is 0 Å². The Morgan fingerprint density at radius 3 is 1.27 bits per heavy atom. The van der Waals surface area contributed by atoms with Gasteiger partial charge in [0.15, 0.2) is 0 Å². The van der Waals surface area contributed by atoms with Crippen LogP contribution in [0, 0.1) is 13.8 Å². The first-order chi connectivity index (χ1) is 32.9. The lowest BCUT2D eigenvalue weighted by atomic mass is 9.67. The predicted octanol–water partition coefficient (Wildman–Crippen LogP) is 18.3. The van der Waals surface area contributed by atoms with E-state index in [9.17, 15) is 0 Å². The fourth-order valence-corrected chi connectivity index (χ4v) is 10.6. The molecule has 0 bridgehead atoms. The van der Waals surface area contributed by atoms with Crippen molar-refractivity contribution in [3.8, 4) is 55.8 Å². The lowest BCUT2D eigenvalue weighted by Crippen LogP contribution is -2.28. The molecule has 8 aromatic rings. The number of aryl methyl sites for hydroxylation is 5. The summed E-state index contributed by atoms with van der Waals surface area (Å²) >= 11 is 0. The molecule has 1 aromatic heterocycles. The van der Waals surface area contributed by atoms with Crippen molar-refractivity contribution >= 4 is 0 Å². The molecule has 7 aromatic carbocycles. The molecular weight excluding hydrogens is 807 g/mol. The molecule has 67 heavy (non-hydrogen) atoms. The topological polar surface area (TPSA) is 12.9 Å². The van der Waals surface area contributed by atoms with Gasteiger partial charge in [0.05, 0.1) is 11.1 Å². The monoisotopic (exact) mass is 876 g/mol. The van der Waals surface area contributed by atoms with E-state index in [2.05, 4.69) is 205 Å². The maximum atomic E-state index is 5.28. The lowest BCUT2D eigenvalue weighted by molar-refractivity contribution is 0.667. The van der Waals surface area contributed by atoms with E-state index >= 15 is 0 Å². The number of pyridine rings is 1. The summed E-state index contributed by atoms with van der Waals surface area (Å²) in [5.41, 5.74) is 23.6. The zero-order chi connectivity index (χ0) is 46.2. The van der Waals surface area contributed by atoms with E-state index in [-0.39, 0.29) is 0 Å². The van der Waals surface area contributed by atoms with Crippen LogP contribution in [0.5, 0.6) is 0 Å². The summed E-state index contributed by atoms with van der Waals surface area (Å²) in [5, 5.41) is 0. The molecule has 0 aliphatic heterocycles. The van der Waals surface area contributed by atoms with E-state index in [1.807, 2.05) is 0 Å². The highest BCUT2D eigenvalue weighted by atomic mass is 14.7. The molecule has 338 valence electrons. The highest BCUT2D eigenvalue weighted by molar-refractivity contribution is 5.89. The molecule has 0 saturated carbocycles. The van der Waals surface area contributed by atoms with Crippen molar-refractivity contribution in [2.75, 3.05) is 0 Å². The van der Waals surface area contributed by atoms with Gasteiger partial charge in [0.1, 0.15) is 0 Å². The first kappa shape index (κ1) is 45.8. The molecular formula is C66H69N. The quantitative estimate of drug-likeness (QED) is 0.0738. The minimum absolute atomic E-state index is 0.471. The number of aromatic nitrogens is 1. The number of fused-ring (bicyclic) bond motifs is 3. The molecule has 0 unspecified atom stereocenters. The average molecular weight is 876 g/mol. The largest absolute Gasteiger partial charge is 0.256 e. The Morgan fingerprint density at radius 1 is 0.343 bits per heavy atom. The van der Waals surface area contributed by atoms with E-state index in [0.717, 1.165) is 36.1 Å². The number of hydrogen-bond donors (Lipinski definition) is 0. The van der Waals surface area contributed by atoms with Gasteiger partial charge in [0, 0.05) is 17.3 Å². The zero-order valence-electron chi connectivity index (χ0n) is 40.8. The van der Waals surface area contributed by atoms with Crippen LogP contribution in [-0.4, -0.2) is 4.98 Å². The van der Waals surface area contributed by atoms with Crippen LogP contribution in [0.15, 0.2) is 170 Å². The summed E-state index contributed by atoms with van der Waals surface area (Å²) < 4.78 is 0. The summed E-state index contributed by atoms with van der Waals surface area (Å²) in [4.78, 5) is 5.28. The van der Waals surface area contributed by atoms with Gasteiger partial charge in [-0.3, -0.25) is 4.98 Å². The Labute approximate surface area is 402 Å². The minimum Gasteiger partial charge on any atom is -0.256 e. The fourth-order valence-electron chi connectivity index (χ4n) is 10.6. The second-order valence-electron chi connectivity index (χ2n) is 19.5. The number of hydrogen-bond acceptors (Lipinski definition) is 1. The van der Waals surface area contributed by atoms with Crippen molar-refractivity contribution < 1.29 is 0 Å². The highest BCUT2D eigenvalue weighted by Crippen LogP contribution is 2.57. The lowest BCUT2D eigenvalue weighted by Gasteiger charge is -2.34. The van der Waals surface area contributed by atoms with Crippen LogP contribution < -0.4 is 0 Å². The van der Waals surface area contributed by atoms with E-state index in [0.29, 0.717) is 0 Å². The average Bonchev–Trinajstić information content (AvgIpc) is 3.66. The van der Waals surface area contributed by atoms with Gasteiger partial charge >= 0.3 is 0 Å². The van der Waals surface area contributed by atoms with Crippen LogP contribution in [0.4, 0.5) is 0 Å². The minimum atomic E-state index is -0.471. The summed E-state index contributed by atoms with van der Waals surface area (Å²) in [6.45, 7) is 11.2. The van der Waals surface area contributed by atoms with Crippen molar-refractivity contribution in [2.45, 2.75) is 124 Å². The number of rotatable bonds is 19. The normalized spacial score (nSPS) is 12.6. The molecule has 0 amide bonds. The second-order valence-corrected chi connectivity index (χ2v) is 19.5. The molecule has 0 spiro atoms. The number of nitrogens with zero attached hydrogens (tertiary/aromatic N) is 1. The zero-order valence-corrected chi connectivity index (χ0v) is 40.8. The molecule has 9 rings (SSSR count). The van der Waals surface area contributed by atoms with E-state index in [1.165, 1.54) is 153 Å². The fraction of sp³-hybridized carbons (Fsp3) is 0.288. The van der Waals surface area contributed by atoms with Gasteiger partial charge < -0.3 is 0 Å². The van der Waals surface area contributed by atoms with Gasteiger partial charge in [-0.25, -0.2) is 0 Å². The molecule has 0 radical (unpaired) electrons. The third-order valence-corrected chi connectivity index (χ3v) is 14.5. The smallest absolute Gasteiger partial charge is 0.0713 e.